The second kappa shape index (κ2) is 29.0. The zero-order valence-corrected chi connectivity index (χ0v) is 10.8. The van der Waals surface area contributed by atoms with E-state index in [1.807, 2.05) is 0 Å². The van der Waals surface area contributed by atoms with Gasteiger partial charge < -0.3 is 2.85 Å². The molecule has 0 saturated carbocycles. The van der Waals surface area contributed by atoms with Gasteiger partial charge in [0.2, 0.25) is 0 Å². The van der Waals surface area contributed by atoms with Crippen LogP contribution in [0.15, 0.2) is 0 Å². The maximum atomic E-state index is 0. The van der Waals surface area contributed by atoms with Crippen molar-refractivity contribution in [1.82, 2.24) is 0 Å². The van der Waals surface area contributed by atoms with Gasteiger partial charge in [-0.2, -0.15) is 9.90 Å². The SMILES string of the molecule is P.[H-].[H-].[Mg+2].[Mn].[Ni].[Zn]. The number of rotatable bonds is 0. The summed E-state index contributed by atoms with van der Waals surface area (Å²) >= 11 is 0. The average Bonchev–Trinajstić information content (AvgIpc) is 0. The van der Waals surface area contributed by atoms with Crippen molar-refractivity contribution >= 4 is 33.0 Å². The fraction of sp³-hybridized carbons (Fsp3) is 0. The van der Waals surface area contributed by atoms with Crippen LogP contribution in [0.1, 0.15) is 2.85 Å². The maximum Gasteiger partial charge on any atom is 2.00 e. The van der Waals surface area contributed by atoms with Crippen molar-refractivity contribution in [2.45, 2.75) is 0 Å². The van der Waals surface area contributed by atoms with Crippen molar-refractivity contribution in [1.29, 1.82) is 0 Å². The van der Waals surface area contributed by atoms with Crippen LogP contribution in [0.2, 0.25) is 0 Å². The molecule has 0 saturated heterocycles. The van der Waals surface area contributed by atoms with Gasteiger partial charge in [-0.15, -0.1) is 0 Å². The zero-order chi connectivity index (χ0) is 0. The Morgan fingerprint density at radius 1 is 1.20 bits per heavy atom. The molecule has 0 aliphatic heterocycles. The summed E-state index contributed by atoms with van der Waals surface area (Å²) in [4.78, 5) is 0. The van der Waals surface area contributed by atoms with E-state index < -0.39 is 0 Å². The van der Waals surface area contributed by atoms with Crippen LogP contribution < -0.4 is 0 Å². The van der Waals surface area contributed by atoms with Crippen molar-refractivity contribution in [3.8, 4) is 0 Å². The molecule has 0 N–H and O–H groups in total. The Bertz CT molecular complexity index is 17.7. The minimum absolute atomic E-state index is 0. The third kappa shape index (κ3) is 19.9. The van der Waals surface area contributed by atoms with Gasteiger partial charge in [0, 0.05) is 53.0 Å². The monoisotopic (exact) mass is 237 g/mol. The van der Waals surface area contributed by atoms with Gasteiger partial charge >= 0.3 is 23.1 Å². The van der Waals surface area contributed by atoms with E-state index in [-0.39, 0.29) is 88.8 Å². The van der Waals surface area contributed by atoms with Crippen LogP contribution in [0.25, 0.3) is 0 Å². The van der Waals surface area contributed by atoms with Crippen LogP contribution in [0.3, 0.4) is 0 Å². The van der Waals surface area contributed by atoms with Gasteiger partial charge in [0.05, 0.1) is 0 Å². The Morgan fingerprint density at radius 3 is 1.20 bits per heavy atom. The molecule has 0 aromatic rings. The predicted octanol–water partition coefficient (Wildman–Crippen LogP) is -0.105. The molecule has 0 bridgehead atoms. The van der Waals surface area contributed by atoms with Crippen molar-refractivity contribution in [2.24, 2.45) is 0 Å². The first-order chi connectivity index (χ1) is 0. The Morgan fingerprint density at radius 2 is 1.20 bits per heavy atom. The molecule has 1 unspecified atom stereocenters. The van der Waals surface area contributed by atoms with Crippen molar-refractivity contribution in [3.05, 3.63) is 0 Å². The molecule has 0 heterocycles. The standard InChI is InChI=1S/Mg.Mn.Ni.H3P.Zn.2H/h;;;1H3;;;/q+2;;;;;2*-1. The first kappa shape index (κ1) is 45.6. The second-order valence-electron chi connectivity index (χ2n) is 0. The fourth-order valence-electron chi connectivity index (χ4n) is 0. The van der Waals surface area contributed by atoms with Gasteiger partial charge in [0.1, 0.15) is 0 Å². The van der Waals surface area contributed by atoms with Crippen molar-refractivity contribution in [2.75, 3.05) is 0 Å². The van der Waals surface area contributed by atoms with Crippen LogP contribution >= 0.6 is 9.90 Å². The first-order valence-electron chi connectivity index (χ1n) is 0. The van der Waals surface area contributed by atoms with Crippen LogP contribution in [0.5, 0.6) is 0 Å². The molecule has 0 spiro atoms. The van der Waals surface area contributed by atoms with E-state index in [0.717, 1.165) is 0 Å². The van der Waals surface area contributed by atoms with E-state index in [2.05, 4.69) is 0 Å². The van der Waals surface area contributed by atoms with E-state index in [9.17, 15) is 0 Å². The molecule has 0 rings (SSSR count). The molecular formula is H5MgMnNiPZn. The Hall–Kier alpha value is 2.83. The third-order valence-electron chi connectivity index (χ3n) is 0. The molecule has 0 nitrogen and oxygen atoms in total. The van der Waals surface area contributed by atoms with E-state index in [0.29, 0.717) is 0 Å². The molecule has 5 heavy (non-hydrogen) atoms. The average molecular weight is 239 g/mol. The smallest absolute Gasteiger partial charge is 1.00 e. The van der Waals surface area contributed by atoms with E-state index in [1.165, 1.54) is 0 Å². The molecule has 5 heteroatoms. The van der Waals surface area contributed by atoms with E-state index >= 15 is 0 Å². The van der Waals surface area contributed by atoms with Gasteiger partial charge in [0.25, 0.3) is 0 Å². The number of hydrogen-bond acceptors (Lipinski definition) is 0. The van der Waals surface area contributed by atoms with Gasteiger partial charge in [-0.1, -0.05) is 0 Å². The fourth-order valence-corrected chi connectivity index (χ4v) is 0. The van der Waals surface area contributed by atoms with Crippen LogP contribution in [0.4, 0.5) is 0 Å². The van der Waals surface area contributed by atoms with Gasteiger partial charge in [-0.3, -0.25) is 0 Å². The Kier molecular flexibility index (Phi) is 264. The first-order valence-corrected chi connectivity index (χ1v) is 0. The summed E-state index contributed by atoms with van der Waals surface area (Å²) in [7, 11) is 0. The quantitative estimate of drug-likeness (QED) is 0.409. The summed E-state index contributed by atoms with van der Waals surface area (Å²) in [6, 6.07) is 0. The van der Waals surface area contributed by atoms with Crippen LogP contribution in [-0.4, -0.2) is 23.1 Å². The molecule has 0 aromatic heterocycles. The van der Waals surface area contributed by atoms with Crippen molar-refractivity contribution < 1.29 is 55.9 Å². The summed E-state index contributed by atoms with van der Waals surface area (Å²) in [5.41, 5.74) is 0. The predicted molar refractivity (Wildman–Crippen MR) is 19.1 cm³/mol. The Labute approximate surface area is 87.9 Å². The normalized spacial score (nSPS) is 0. The minimum atomic E-state index is 0. The summed E-state index contributed by atoms with van der Waals surface area (Å²) in [6.07, 6.45) is 0. The molecule has 0 aromatic carbocycles. The van der Waals surface area contributed by atoms with Gasteiger partial charge in [-0.25, -0.2) is 0 Å². The minimum Gasteiger partial charge on any atom is -1.00 e. The zero-order valence-electron chi connectivity index (χ0n) is 4.82. The summed E-state index contributed by atoms with van der Waals surface area (Å²) in [5, 5.41) is 0. The number of hydrogen-bond donors (Lipinski definition) is 0. The van der Waals surface area contributed by atoms with Crippen LogP contribution in [0, 0.1) is 0 Å². The summed E-state index contributed by atoms with van der Waals surface area (Å²) < 4.78 is 0. The summed E-state index contributed by atoms with van der Waals surface area (Å²) in [6.45, 7) is 0. The molecular weight excluding hydrogens is 234 g/mol. The van der Waals surface area contributed by atoms with Crippen LogP contribution in [-0.2, 0) is 53.0 Å². The largest absolute Gasteiger partial charge is 2.00 e. The van der Waals surface area contributed by atoms with Gasteiger partial charge in [0.15, 0.2) is 0 Å². The third-order valence-corrected chi connectivity index (χ3v) is 0. The van der Waals surface area contributed by atoms with E-state index in [4.69, 9.17) is 0 Å². The molecule has 0 aliphatic carbocycles. The van der Waals surface area contributed by atoms with E-state index in [1.54, 1.807) is 0 Å². The topological polar surface area (TPSA) is 0 Å². The molecule has 1 atom stereocenters. The maximum absolute atomic E-state index is 0. The molecule has 0 fully saturated rings. The molecule has 0 amide bonds. The Balaban J connectivity index is 0. The van der Waals surface area contributed by atoms with Gasteiger partial charge in [-0.05, 0) is 0 Å². The second-order valence-corrected chi connectivity index (χ2v) is 0. The van der Waals surface area contributed by atoms with Crippen molar-refractivity contribution in [3.63, 3.8) is 0 Å². The molecule has 1 radical (unpaired) electrons. The summed E-state index contributed by atoms with van der Waals surface area (Å²) in [5.74, 6) is 0. The molecule has 31 valence electrons. The molecule has 0 aliphatic rings.